The second-order valence-electron chi connectivity index (χ2n) is 5.88. The molecule has 1 aromatic carbocycles. The number of benzene rings is 1. The quantitative estimate of drug-likeness (QED) is 0.853. The number of hydrogen-bond acceptors (Lipinski definition) is 4. The van der Waals surface area contributed by atoms with Crippen molar-refractivity contribution in [2.24, 2.45) is 5.92 Å². The lowest BCUT2D eigenvalue weighted by Gasteiger charge is -2.33. The van der Waals surface area contributed by atoms with Crippen LogP contribution in [0.15, 0.2) is 41.0 Å². The van der Waals surface area contributed by atoms with Crippen LogP contribution in [0, 0.1) is 5.92 Å². The first-order valence-electron chi connectivity index (χ1n) is 7.63. The number of piperidine rings is 1. The van der Waals surface area contributed by atoms with Crippen LogP contribution in [0.2, 0.25) is 0 Å². The predicted molar refractivity (Wildman–Crippen MR) is 88.1 cm³/mol. The Morgan fingerprint density at radius 2 is 2.09 bits per heavy atom. The molecule has 0 saturated carbocycles. The highest BCUT2D eigenvalue weighted by atomic mass is 16.3. The highest BCUT2D eigenvalue weighted by Gasteiger charge is 2.20. The smallest absolute Gasteiger partial charge is 0.291 e. The zero-order chi connectivity index (χ0) is 15.5. The maximum atomic E-state index is 12.2. The molecule has 3 rings (SSSR count). The average molecular weight is 299 g/mol. The number of amides is 1. The Balaban J connectivity index is 1.83. The first-order chi connectivity index (χ1) is 10.6. The molecule has 2 heterocycles. The van der Waals surface area contributed by atoms with Crippen molar-refractivity contribution in [2.45, 2.75) is 19.8 Å². The van der Waals surface area contributed by atoms with Crippen molar-refractivity contribution in [3.8, 4) is 0 Å². The zero-order valence-corrected chi connectivity index (χ0v) is 12.7. The third-order valence-electron chi connectivity index (χ3n) is 4.14. The lowest BCUT2D eigenvalue weighted by atomic mass is 9.98. The van der Waals surface area contributed by atoms with Gasteiger partial charge in [-0.1, -0.05) is 6.92 Å². The van der Waals surface area contributed by atoms with E-state index in [2.05, 4.69) is 17.1 Å². The summed E-state index contributed by atoms with van der Waals surface area (Å²) in [5, 5.41) is 2.91. The molecule has 0 radical (unpaired) electrons. The molecule has 1 amide bonds. The second kappa shape index (κ2) is 6.13. The van der Waals surface area contributed by atoms with Gasteiger partial charge in [0, 0.05) is 18.8 Å². The lowest BCUT2D eigenvalue weighted by molar-refractivity contribution is 0.0996. The van der Waals surface area contributed by atoms with Gasteiger partial charge in [-0.05, 0) is 49.1 Å². The van der Waals surface area contributed by atoms with Crippen LogP contribution in [-0.2, 0) is 0 Å². The van der Waals surface area contributed by atoms with Crippen LogP contribution in [0.4, 0.5) is 17.1 Å². The summed E-state index contributed by atoms with van der Waals surface area (Å²) in [7, 11) is 0. The largest absolute Gasteiger partial charge is 0.459 e. The van der Waals surface area contributed by atoms with Crippen molar-refractivity contribution in [2.75, 3.05) is 29.0 Å². The normalized spacial score (nSPS) is 15.8. The van der Waals surface area contributed by atoms with E-state index in [9.17, 15) is 4.79 Å². The molecule has 0 spiro atoms. The number of hydrogen-bond donors (Lipinski definition) is 2. The molecule has 0 aliphatic carbocycles. The molecular weight excluding hydrogens is 278 g/mol. The number of anilines is 3. The van der Waals surface area contributed by atoms with Gasteiger partial charge in [-0.25, -0.2) is 0 Å². The Morgan fingerprint density at radius 3 is 2.77 bits per heavy atom. The van der Waals surface area contributed by atoms with Gasteiger partial charge in [0.05, 0.1) is 17.6 Å². The number of carbonyl (C=O) groups is 1. The Bertz CT molecular complexity index is 644. The highest BCUT2D eigenvalue weighted by Crippen LogP contribution is 2.31. The van der Waals surface area contributed by atoms with Gasteiger partial charge in [-0.15, -0.1) is 0 Å². The van der Waals surface area contributed by atoms with Crippen molar-refractivity contribution in [3.05, 3.63) is 42.4 Å². The van der Waals surface area contributed by atoms with E-state index in [1.165, 1.54) is 6.26 Å². The van der Waals surface area contributed by atoms with E-state index in [4.69, 9.17) is 10.2 Å². The van der Waals surface area contributed by atoms with Gasteiger partial charge in [-0.3, -0.25) is 4.79 Å². The minimum atomic E-state index is -0.262. The summed E-state index contributed by atoms with van der Waals surface area (Å²) in [4.78, 5) is 14.5. The summed E-state index contributed by atoms with van der Waals surface area (Å²) < 4.78 is 5.14. The van der Waals surface area contributed by atoms with Crippen LogP contribution >= 0.6 is 0 Å². The molecule has 5 heteroatoms. The van der Waals surface area contributed by atoms with E-state index in [-0.39, 0.29) is 5.91 Å². The third kappa shape index (κ3) is 3.08. The number of nitrogens with two attached hydrogens (primary N) is 1. The summed E-state index contributed by atoms with van der Waals surface area (Å²) in [5.74, 6) is 0.786. The molecule has 0 atom stereocenters. The van der Waals surface area contributed by atoms with Crippen molar-refractivity contribution in [1.82, 2.24) is 0 Å². The van der Waals surface area contributed by atoms with Crippen molar-refractivity contribution in [1.29, 1.82) is 0 Å². The summed E-state index contributed by atoms with van der Waals surface area (Å²) in [6.07, 6.45) is 3.81. The van der Waals surface area contributed by atoms with Crippen LogP contribution in [-0.4, -0.2) is 19.0 Å². The summed E-state index contributed by atoms with van der Waals surface area (Å²) in [6.45, 7) is 4.27. The van der Waals surface area contributed by atoms with Crippen LogP contribution < -0.4 is 16.0 Å². The second-order valence-corrected chi connectivity index (χ2v) is 5.88. The Morgan fingerprint density at radius 1 is 1.32 bits per heavy atom. The number of rotatable bonds is 3. The molecule has 0 unspecified atom stereocenters. The summed E-state index contributed by atoms with van der Waals surface area (Å²) in [6, 6.07) is 8.98. The van der Waals surface area contributed by atoms with Gasteiger partial charge in [0.1, 0.15) is 0 Å². The first-order valence-corrected chi connectivity index (χ1v) is 7.63. The fourth-order valence-corrected chi connectivity index (χ4v) is 2.77. The number of nitrogens with one attached hydrogen (secondary N) is 1. The van der Waals surface area contributed by atoms with E-state index in [1.54, 1.807) is 18.2 Å². The fourth-order valence-electron chi connectivity index (χ4n) is 2.77. The molecule has 1 fully saturated rings. The number of furan rings is 1. The van der Waals surface area contributed by atoms with E-state index < -0.39 is 0 Å². The van der Waals surface area contributed by atoms with Gasteiger partial charge >= 0.3 is 0 Å². The maximum absolute atomic E-state index is 12.2. The first kappa shape index (κ1) is 14.5. The number of carbonyl (C=O) groups excluding carboxylic acids is 1. The maximum Gasteiger partial charge on any atom is 0.291 e. The Labute approximate surface area is 130 Å². The van der Waals surface area contributed by atoms with Gasteiger partial charge in [-0.2, -0.15) is 0 Å². The molecule has 1 aromatic heterocycles. The van der Waals surface area contributed by atoms with Crippen molar-refractivity contribution < 1.29 is 9.21 Å². The van der Waals surface area contributed by atoms with Crippen molar-refractivity contribution in [3.63, 3.8) is 0 Å². The summed E-state index contributed by atoms with van der Waals surface area (Å²) in [5.41, 5.74) is 8.26. The average Bonchev–Trinajstić information content (AvgIpc) is 3.03. The highest BCUT2D eigenvalue weighted by molar-refractivity contribution is 6.04. The Hall–Kier alpha value is -2.43. The van der Waals surface area contributed by atoms with Crippen molar-refractivity contribution >= 4 is 23.0 Å². The lowest BCUT2D eigenvalue weighted by Crippen LogP contribution is -2.33. The third-order valence-corrected chi connectivity index (χ3v) is 4.14. The molecule has 116 valence electrons. The van der Waals surface area contributed by atoms with E-state index in [1.807, 2.05) is 12.1 Å². The Kier molecular flexibility index (Phi) is 4.04. The fraction of sp³-hybridized carbons (Fsp3) is 0.353. The molecule has 1 aliphatic heterocycles. The van der Waals surface area contributed by atoms with Crippen LogP contribution in [0.3, 0.4) is 0 Å². The number of nitrogen functional groups attached to an aromatic ring is 1. The predicted octanol–water partition coefficient (Wildman–Crippen LogP) is 3.35. The molecule has 0 bridgehead atoms. The van der Waals surface area contributed by atoms with Crippen LogP contribution in [0.1, 0.15) is 30.3 Å². The molecule has 3 N–H and O–H groups in total. The molecule has 1 aliphatic rings. The molecular formula is C17H21N3O2. The number of nitrogens with zero attached hydrogens (tertiary/aromatic N) is 1. The van der Waals surface area contributed by atoms with Gasteiger partial charge in [0.2, 0.25) is 0 Å². The van der Waals surface area contributed by atoms with E-state index >= 15 is 0 Å². The molecule has 1 saturated heterocycles. The zero-order valence-electron chi connectivity index (χ0n) is 12.7. The monoisotopic (exact) mass is 299 g/mol. The molecule has 22 heavy (non-hydrogen) atoms. The van der Waals surface area contributed by atoms with Gasteiger partial charge in [0.25, 0.3) is 5.91 Å². The molecule has 5 nitrogen and oxygen atoms in total. The van der Waals surface area contributed by atoms with E-state index in [0.717, 1.165) is 43.2 Å². The standard InChI is InChI=1S/C17H21N3O2/c1-12-6-8-20(9-7-12)15-5-4-13(18)11-14(15)19-17(21)16-3-2-10-22-16/h2-5,10-12H,6-9,18H2,1H3,(H,19,21). The van der Waals surface area contributed by atoms with Crippen LogP contribution in [0.25, 0.3) is 0 Å². The minimum Gasteiger partial charge on any atom is -0.459 e. The van der Waals surface area contributed by atoms with E-state index in [0.29, 0.717) is 11.4 Å². The minimum absolute atomic E-state index is 0.262. The molecule has 2 aromatic rings. The van der Waals surface area contributed by atoms with Gasteiger partial charge < -0.3 is 20.4 Å². The topological polar surface area (TPSA) is 71.5 Å². The summed E-state index contributed by atoms with van der Waals surface area (Å²) >= 11 is 0. The van der Waals surface area contributed by atoms with Crippen LogP contribution in [0.5, 0.6) is 0 Å². The SMILES string of the molecule is CC1CCN(c2ccc(N)cc2NC(=O)c2ccco2)CC1. The van der Waals surface area contributed by atoms with Gasteiger partial charge in [0.15, 0.2) is 5.76 Å².